The number of benzene rings is 1. The van der Waals surface area contributed by atoms with Crippen LogP contribution in [0.5, 0.6) is 0 Å². The standard InChI is InChI=1S/C18H23ClN4O/c1-12(2)11-21-17(24)16-10-13(3)22-18(23-16)20-9-8-14-4-6-15(19)7-5-14/h4-7,10,12H,8-9,11H2,1-3H3,(H,21,24)(H,20,22,23). The van der Waals surface area contributed by atoms with Crippen LogP contribution in [-0.2, 0) is 6.42 Å². The van der Waals surface area contributed by atoms with Crippen LogP contribution >= 0.6 is 11.6 Å². The van der Waals surface area contributed by atoms with Gasteiger partial charge in [0.1, 0.15) is 5.69 Å². The predicted molar refractivity (Wildman–Crippen MR) is 97.6 cm³/mol. The predicted octanol–water partition coefficient (Wildman–Crippen LogP) is 3.48. The van der Waals surface area contributed by atoms with E-state index in [1.807, 2.05) is 31.2 Å². The number of aromatic nitrogens is 2. The highest BCUT2D eigenvalue weighted by Crippen LogP contribution is 2.10. The molecule has 0 saturated carbocycles. The zero-order valence-electron chi connectivity index (χ0n) is 14.3. The number of aryl methyl sites for hydroxylation is 1. The molecule has 0 atom stereocenters. The van der Waals surface area contributed by atoms with E-state index in [1.54, 1.807) is 6.07 Å². The summed E-state index contributed by atoms with van der Waals surface area (Å²) in [7, 11) is 0. The lowest BCUT2D eigenvalue weighted by Crippen LogP contribution is -2.28. The molecule has 2 N–H and O–H groups in total. The van der Waals surface area contributed by atoms with E-state index in [0.29, 0.717) is 30.6 Å². The van der Waals surface area contributed by atoms with Crippen molar-refractivity contribution in [1.82, 2.24) is 15.3 Å². The zero-order chi connectivity index (χ0) is 17.5. The normalized spacial score (nSPS) is 10.7. The first-order valence-corrected chi connectivity index (χ1v) is 8.44. The van der Waals surface area contributed by atoms with Gasteiger partial charge in [0, 0.05) is 23.8 Å². The van der Waals surface area contributed by atoms with Gasteiger partial charge in [-0.25, -0.2) is 9.97 Å². The quantitative estimate of drug-likeness (QED) is 0.805. The van der Waals surface area contributed by atoms with Crippen LogP contribution in [0.1, 0.15) is 35.6 Å². The Bertz CT molecular complexity index is 686. The van der Waals surface area contributed by atoms with Crippen molar-refractivity contribution in [2.24, 2.45) is 5.92 Å². The van der Waals surface area contributed by atoms with Gasteiger partial charge in [0.15, 0.2) is 0 Å². The van der Waals surface area contributed by atoms with Crippen LogP contribution in [-0.4, -0.2) is 29.0 Å². The number of hydrogen-bond acceptors (Lipinski definition) is 4. The third kappa shape index (κ3) is 5.81. The summed E-state index contributed by atoms with van der Waals surface area (Å²) in [6.45, 7) is 7.26. The summed E-state index contributed by atoms with van der Waals surface area (Å²) < 4.78 is 0. The van der Waals surface area contributed by atoms with Crippen molar-refractivity contribution in [2.45, 2.75) is 27.2 Å². The van der Waals surface area contributed by atoms with Gasteiger partial charge in [0.05, 0.1) is 0 Å². The number of carbonyl (C=O) groups is 1. The molecule has 0 spiro atoms. The van der Waals surface area contributed by atoms with Crippen molar-refractivity contribution in [3.63, 3.8) is 0 Å². The number of amides is 1. The lowest BCUT2D eigenvalue weighted by molar-refractivity contribution is 0.0944. The molecular formula is C18H23ClN4O. The first-order chi connectivity index (χ1) is 11.4. The van der Waals surface area contributed by atoms with Crippen molar-refractivity contribution < 1.29 is 4.79 Å². The van der Waals surface area contributed by atoms with Crippen LogP contribution in [0, 0.1) is 12.8 Å². The minimum Gasteiger partial charge on any atom is -0.354 e. The summed E-state index contributed by atoms with van der Waals surface area (Å²) in [6, 6.07) is 9.42. The maximum Gasteiger partial charge on any atom is 0.270 e. The second-order valence-electron chi connectivity index (χ2n) is 6.13. The first kappa shape index (κ1) is 18.2. The van der Waals surface area contributed by atoms with Gasteiger partial charge in [-0.2, -0.15) is 0 Å². The van der Waals surface area contributed by atoms with Crippen LogP contribution < -0.4 is 10.6 Å². The fourth-order valence-corrected chi connectivity index (χ4v) is 2.25. The lowest BCUT2D eigenvalue weighted by atomic mass is 10.1. The highest BCUT2D eigenvalue weighted by atomic mass is 35.5. The van der Waals surface area contributed by atoms with E-state index in [-0.39, 0.29) is 5.91 Å². The van der Waals surface area contributed by atoms with E-state index in [1.165, 1.54) is 5.56 Å². The number of hydrogen-bond donors (Lipinski definition) is 2. The first-order valence-electron chi connectivity index (χ1n) is 8.06. The van der Waals surface area contributed by atoms with Gasteiger partial charge in [0.2, 0.25) is 5.95 Å². The Hall–Kier alpha value is -2.14. The van der Waals surface area contributed by atoms with Crippen LogP contribution in [0.15, 0.2) is 30.3 Å². The van der Waals surface area contributed by atoms with Gasteiger partial charge in [-0.05, 0) is 43.0 Å². The highest BCUT2D eigenvalue weighted by molar-refractivity contribution is 6.30. The molecule has 0 aliphatic rings. The largest absolute Gasteiger partial charge is 0.354 e. The lowest BCUT2D eigenvalue weighted by Gasteiger charge is -2.10. The summed E-state index contributed by atoms with van der Waals surface area (Å²) >= 11 is 5.88. The number of rotatable bonds is 7. The molecule has 128 valence electrons. The molecule has 0 saturated heterocycles. The fourth-order valence-electron chi connectivity index (χ4n) is 2.12. The topological polar surface area (TPSA) is 66.9 Å². The van der Waals surface area contributed by atoms with Gasteiger partial charge >= 0.3 is 0 Å². The molecule has 0 fully saturated rings. The maximum absolute atomic E-state index is 12.1. The Morgan fingerprint density at radius 2 is 1.92 bits per heavy atom. The van der Waals surface area contributed by atoms with Crippen molar-refractivity contribution in [3.8, 4) is 0 Å². The number of nitrogens with zero attached hydrogens (tertiary/aromatic N) is 2. The molecule has 0 aliphatic carbocycles. The smallest absolute Gasteiger partial charge is 0.270 e. The van der Waals surface area contributed by atoms with Gasteiger partial charge < -0.3 is 10.6 Å². The molecule has 0 aliphatic heterocycles. The van der Waals surface area contributed by atoms with Crippen molar-refractivity contribution in [3.05, 3.63) is 52.3 Å². The Morgan fingerprint density at radius 1 is 1.21 bits per heavy atom. The third-order valence-corrected chi connectivity index (χ3v) is 3.62. The van der Waals surface area contributed by atoms with Crippen LogP contribution in [0.3, 0.4) is 0 Å². The molecule has 0 unspecified atom stereocenters. The number of halogens is 1. The summed E-state index contributed by atoms with van der Waals surface area (Å²) in [5, 5.41) is 6.77. The van der Waals surface area contributed by atoms with Gasteiger partial charge in [-0.15, -0.1) is 0 Å². The van der Waals surface area contributed by atoms with E-state index in [0.717, 1.165) is 17.1 Å². The summed E-state index contributed by atoms with van der Waals surface area (Å²) in [4.78, 5) is 20.8. The van der Waals surface area contributed by atoms with Crippen LogP contribution in [0.25, 0.3) is 0 Å². The summed E-state index contributed by atoms with van der Waals surface area (Å²) in [6.07, 6.45) is 0.823. The summed E-state index contributed by atoms with van der Waals surface area (Å²) in [5.74, 6) is 0.697. The van der Waals surface area contributed by atoms with Crippen molar-refractivity contribution >= 4 is 23.5 Å². The second kappa shape index (κ2) is 8.64. The molecule has 2 rings (SSSR count). The number of anilines is 1. The molecule has 24 heavy (non-hydrogen) atoms. The SMILES string of the molecule is Cc1cc(C(=O)NCC(C)C)nc(NCCc2ccc(Cl)cc2)n1. The van der Waals surface area contributed by atoms with E-state index in [4.69, 9.17) is 11.6 Å². The molecule has 0 bridgehead atoms. The van der Waals surface area contributed by atoms with Crippen LogP contribution in [0.2, 0.25) is 5.02 Å². The molecule has 0 radical (unpaired) electrons. The molecule has 2 aromatic rings. The highest BCUT2D eigenvalue weighted by Gasteiger charge is 2.10. The monoisotopic (exact) mass is 346 g/mol. The molecule has 1 aromatic heterocycles. The van der Waals surface area contributed by atoms with Crippen LogP contribution in [0.4, 0.5) is 5.95 Å². The van der Waals surface area contributed by atoms with Crippen molar-refractivity contribution in [2.75, 3.05) is 18.4 Å². The van der Waals surface area contributed by atoms with E-state index >= 15 is 0 Å². The van der Waals surface area contributed by atoms with Gasteiger partial charge in [-0.3, -0.25) is 4.79 Å². The minimum atomic E-state index is -0.171. The third-order valence-electron chi connectivity index (χ3n) is 3.37. The number of nitrogens with one attached hydrogen (secondary N) is 2. The molecule has 6 heteroatoms. The van der Waals surface area contributed by atoms with E-state index < -0.39 is 0 Å². The molecule has 1 aromatic carbocycles. The Morgan fingerprint density at radius 3 is 2.58 bits per heavy atom. The summed E-state index contributed by atoms with van der Waals surface area (Å²) in [5.41, 5.74) is 2.32. The molecular weight excluding hydrogens is 324 g/mol. The van der Waals surface area contributed by atoms with Gasteiger partial charge in [-0.1, -0.05) is 37.6 Å². The Kier molecular flexibility index (Phi) is 6.55. The van der Waals surface area contributed by atoms with E-state index in [9.17, 15) is 4.79 Å². The molecule has 1 heterocycles. The average molecular weight is 347 g/mol. The second-order valence-corrected chi connectivity index (χ2v) is 6.56. The van der Waals surface area contributed by atoms with Gasteiger partial charge in [0.25, 0.3) is 5.91 Å². The minimum absolute atomic E-state index is 0.171. The molecule has 1 amide bonds. The Labute approximate surface area is 147 Å². The van der Waals surface area contributed by atoms with E-state index in [2.05, 4.69) is 34.4 Å². The molecule has 5 nitrogen and oxygen atoms in total. The van der Waals surface area contributed by atoms with Crippen molar-refractivity contribution in [1.29, 1.82) is 0 Å². The average Bonchev–Trinajstić information content (AvgIpc) is 2.54. The zero-order valence-corrected chi connectivity index (χ0v) is 15.0. The fraction of sp³-hybridized carbons (Fsp3) is 0.389. The maximum atomic E-state index is 12.1. The number of carbonyl (C=O) groups excluding carboxylic acids is 1. The Balaban J connectivity index is 1.95.